The van der Waals surface area contributed by atoms with Crippen LogP contribution in [0.3, 0.4) is 0 Å². The van der Waals surface area contributed by atoms with Gasteiger partial charge in [0, 0.05) is 21.9 Å². The van der Waals surface area contributed by atoms with E-state index in [4.69, 9.17) is 9.41 Å². The molecule has 0 bridgehead atoms. The van der Waals surface area contributed by atoms with Crippen molar-refractivity contribution >= 4 is 33.3 Å². The number of furan rings is 1. The van der Waals surface area contributed by atoms with Gasteiger partial charge in [-0.15, -0.1) is 0 Å². The maximum atomic E-state index is 6.46. The van der Waals surface area contributed by atoms with Crippen LogP contribution in [-0.4, -0.2) is 5.71 Å². The normalized spacial score (nSPS) is 16.8. The smallest absolute Gasteiger partial charge is 0.136 e. The molecular weight excluding hydrogens is 691 g/mol. The first kappa shape index (κ1) is 33.3. The molecule has 57 heavy (non-hydrogen) atoms. The number of rotatable bonds is 6. The van der Waals surface area contributed by atoms with Crippen molar-refractivity contribution < 1.29 is 4.42 Å². The Morgan fingerprint density at radius 3 is 2.11 bits per heavy atom. The van der Waals surface area contributed by atoms with E-state index in [0.717, 1.165) is 57.5 Å². The molecule has 2 heteroatoms. The van der Waals surface area contributed by atoms with E-state index in [1.807, 2.05) is 6.07 Å². The van der Waals surface area contributed by atoms with Crippen molar-refractivity contribution in [2.24, 2.45) is 4.99 Å². The first-order valence-electron chi connectivity index (χ1n) is 19.9. The van der Waals surface area contributed by atoms with Gasteiger partial charge in [-0.2, -0.15) is 0 Å². The summed E-state index contributed by atoms with van der Waals surface area (Å²) in [4.78, 5) is 5.24. The van der Waals surface area contributed by atoms with Crippen LogP contribution in [0.4, 0.5) is 0 Å². The number of allylic oxidation sites excluding steroid dienone is 6. The van der Waals surface area contributed by atoms with Gasteiger partial charge in [0.05, 0.1) is 16.8 Å². The van der Waals surface area contributed by atoms with Crippen molar-refractivity contribution in [1.82, 2.24) is 0 Å². The number of para-hydroxylation sites is 1. The number of nitrogens with zero attached hydrogens (tertiary/aromatic N) is 1. The number of benzene rings is 7. The second-order valence-corrected chi connectivity index (χ2v) is 15.4. The Morgan fingerprint density at radius 2 is 1.30 bits per heavy atom. The van der Waals surface area contributed by atoms with E-state index >= 15 is 0 Å². The van der Waals surface area contributed by atoms with Crippen LogP contribution in [0, 0.1) is 0 Å². The Balaban J connectivity index is 1.08. The third-order valence-electron chi connectivity index (χ3n) is 12.3. The Morgan fingerprint density at radius 1 is 0.632 bits per heavy atom. The molecule has 0 aliphatic heterocycles. The van der Waals surface area contributed by atoms with E-state index in [1.54, 1.807) is 0 Å². The van der Waals surface area contributed by atoms with Gasteiger partial charge in [-0.1, -0.05) is 164 Å². The van der Waals surface area contributed by atoms with Crippen LogP contribution in [0.15, 0.2) is 209 Å². The molecule has 3 aliphatic rings. The molecule has 1 aromatic heterocycles. The zero-order valence-electron chi connectivity index (χ0n) is 31.8. The number of hydrogen-bond donors (Lipinski definition) is 0. The molecule has 0 N–H and O–H groups in total. The minimum atomic E-state index is -0.482. The summed E-state index contributed by atoms with van der Waals surface area (Å²) in [6, 6.07) is 57.1. The lowest BCUT2D eigenvalue weighted by Crippen LogP contribution is -2.25. The van der Waals surface area contributed by atoms with Crippen LogP contribution < -0.4 is 0 Å². The molecule has 1 heterocycles. The quantitative estimate of drug-likeness (QED) is 0.156. The highest BCUT2D eigenvalue weighted by Crippen LogP contribution is 2.65. The van der Waals surface area contributed by atoms with Crippen molar-refractivity contribution in [3.63, 3.8) is 0 Å². The topological polar surface area (TPSA) is 25.5 Å². The Kier molecular flexibility index (Phi) is 7.62. The molecule has 3 aliphatic carbocycles. The van der Waals surface area contributed by atoms with Gasteiger partial charge in [-0.05, 0) is 111 Å². The third-order valence-corrected chi connectivity index (χ3v) is 12.3. The number of hydrogen-bond acceptors (Lipinski definition) is 2. The standard InChI is InChI=1S/C55H39NO/c1-35(37-17-5-3-6-18-37)33-49(38-19-7-4-8-20-38)56-36(2)39-21-15-22-40(34-39)41-26-16-29-47-52(41)42-23-9-12-27-45(42)55(47)46-28-13-10-24-43(46)53-48(55)31-32-51-54(53)44-25-11-14-30-50(44)57-51/h3-5,7-17,19-34H,2,6,18H2,1H3/b35-33+,56-49+. The molecule has 2 nitrogen and oxygen atoms in total. The summed E-state index contributed by atoms with van der Waals surface area (Å²) in [5, 5.41) is 2.34. The van der Waals surface area contributed by atoms with Gasteiger partial charge in [-0.3, -0.25) is 0 Å². The van der Waals surface area contributed by atoms with Gasteiger partial charge in [0.1, 0.15) is 11.2 Å². The fraction of sp³-hybridized carbons (Fsp3) is 0.0727. The summed E-state index contributed by atoms with van der Waals surface area (Å²) in [7, 11) is 0. The predicted molar refractivity (Wildman–Crippen MR) is 238 cm³/mol. The van der Waals surface area contributed by atoms with Crippen LogP contribution in [0.1, 0.15) is 53.1 Å². The van der Waals surface area contributed by atoms with E-state index in [-0.39, 0.29) is 0 Å². The maximum Gasteiger partial charge on any atom is 0.136 e. The van der Waals surface area contributed by atoms with Crippen molar-refractivity contribution in [3.8, 4) is 33.4 Å². The zero-order valence-corrected chi connectivity index (χ0v) is 31.8. The van der Waals surface area contributed by atoms with Crippen LogP contribution >= 0.6 is 0 Å². The van der Waals surface area contributed by atoms with Crippen molar-refractivity contribution in [2.75, 3.05) is 0 Å². The lowest BCUT2D eigenvalue weighted by Gasteiger charge is -2.30. The van der Waals surface area contributed by atoms with Crippen molar-refractivity contribution in [1.29, 1.82) is 0 Å². The van der Waals surface area contributed by atoms with Crippen molar-refractivity contribution in [2.45, 2.75) is 25.2 Å². The van der Waals surface area contributed by atoms with Crippen LogP contribution in [0.25, 0.3) is 61.0 Å². The minimum absolute atomic E-state index is 0.482. The monoisotopic (exact) mass is 729 g/mol. The molecule has 0 fully saturated rings. The molecule has 8 aromatic rings. The number of fused-ring (bicyclic) bond motifs is 14. The lowest BCUT2D eigenvalue weighted by atomic mass is 9.70. The molecule has 0 saturated carbocycles. The summed E-state index contributed by atoms with van der Waals surface area (Å²) >= 11 is 0. The second kappa shape index (κ2) is 13.0. The molecule has 7 aromatic carbocycles. The van der Waals surface area contributed by atoms with Crippen LogP contribution in [-0.2, 0) is 5.41 Å². The molecule has 270 valence electrons. The maximum absolute atomic E-state index is 6.46. The van der Waals surface area contributed by atoms with Crippen LogP contribution in [0.2, 0.25) is 0 Å². The molecule has 0 amide bonds. The van der Waals surface area contributed by atoms with Gasteiger partial charge in [-0.25, -0.2) is 4.99 Å². The first-order chi connectivity index (χ1) is 28.1. The number of aliphatic imine (C=N–C) groups is 1. The summed E-state index contributed by atoms with van der Waals surface area (Å²) in [5.74, 6) is 0. The highest BCUT2D eigenvalue weighted by atomic mass is 16.3. The average Bonchev–Trinajstić information content (AvgIpc) is 3.91. The molecule has 0 radical (unpaired) electrons. The van der Waals surface area contributed by atoms with E-state index in [2.05, 4.69) is 189 Å². The SMILES string of the molecule is C=C(/N=C(\C=C(/C)C1=CC=CCC1)c1ccccc1)c1cccc(-c2cccc3c2-c2ccccc2C32c3ccccc3-c3c2ccc2oc4ccccc4c32)c1. The van der Waals surface area contributed by atoms with Gasteiger partial charge in [0.15, 0.2) is 0 Å². The minimum Gasteiger partial charge on any atom is -0.456 e. The Bertz CT molecular complexity index is 3090. The van der Waals surface area contributed by atoms with Gasteiger partial charge >= 0.3 is 0 Å². The molecule has 11 rings (SSSR count). The van der Waals surface area contributed by atoms with Gasteiger partial charge in [0.2, 0.25) is 0 Å². The summed E-state index contributed by atoms with van der Waals surface area (Å²) in [6.45, 7) is 6.74. The first-order valence-corrected chi connectivity index (χ1v) is 19.9. The summed E-state index contributed by atoms with van der Waals surface area (Å²) < 4.78 is 6.46. The molecule has 1 unspecified atom stereocenters. The van der Waals surface area contributed by atoms with Gasteiger partial charge < -0.3 is 4.42 Å². The predicted octanol–water partition coefficient (Wildman–Crippen LogP) is 14.3. The van der Waals surface area contributed by atoms with E-state index < -0.39 is 5.41 Å². The van der Waals surface area contributed by atoms with Crippen molar-refractivity contribution in [3.05, 3.63) is 233 Å². The highest BCUT2D eigenvalue weighted by Gasteiger charge is 2.52. The van der Waals surface area contributed by atoms with Gasteiger partial charge in [0.25, 0.3) is 0 Å². The molecule has 1 atom stereocenters. The fourth-order valence-electron chi connectivity index (χ4n) is 9.83. The molecular formula is C55H39NO. The summed E-state index contributed by atoms with van der Waals surface area (Å²) in [5.41, 5.74) is 20.3. The largest absolute Gasteiger partial charge is 0.456 e. The third kappa shape index (κ3) is 5.00. The van der Waals surface area contributed by atoms with E-state index in [9.17, 15) is 0 Å². The lowest BCUT2D eigenvalue weighted by molar-refractivity contribution is 0.668. The zero-order chi connectivity index (χ0) is 38.1. The van der Waals surface area contributed by atoms with E-state index in [0.29, 0.717) is 0 Å². The molecule has 0 saturated heterocycles. The molecule has 1 spiro atoms. The van der Waals surface area contributed by atoms with Crippen LogP contribution in [0.5, 0.6) is 0 Å². The highest BCUT2D eigenvalue weighted by molar-refractivity contribution is 6.16. The Labute approximate surface area is 333 Å². The summed E-state index contributed by atoms with van der Waals surface area (Å²) in [6.07, 6.45) is 10.9. The average molecular weight is 730 g/mol. The second-order valence-electron chi connectivity index (χ2n) is 15.4. The van der Waals surface area contributed by atoms with E-state index in [1.165, 1.54) is 66.6 Å². The Hall–Kier alpha value is -7.03. The fourth-order valence-corrected chi connectivity index (χ4v) is 9.83.